The minimum absolute atomic E-state index is 0.157. The van der Waals surface area contributed by atoms with Gasteiger partial charge in [0.05, 0.1) is 0 Å². The molecule has 1 unspecified atom stereocenters. The fraction of sp³-hybridized carbons (Fsp3) is 0.750. The average molecular weight is 143 g/mol. The number of methoxy groups -OCH3 is 1. The van der Waals surface area contributed by atoms with Crippen LogP contribution in [0.5, 0.6) is 0 Å². The van der Waals surface area contributed by atoms with Gasteiger partial charge in [-0.2, -0.15) is 0 Å². The van der Waals surface area contributed by atoms with Crippen LogP contribution in [0.1, 0.15) is 20.3 Å². The molecule has 0 aliphatic rings. The molecule has 0 aromatic heterocycles. The normalized spacial score (nSPS) is 12.8. The maximum Gasteiger partial charge on any atom is 0.0480 e. The standard InChI is InChI=1S/C8H17NO/c1-7(2)6-8(9)4-5-10-3/h6,8H,4-5,9H2,1-3H3. The molecular formula is C8H17NO. The summed E-state index contributed by atoms with van der Waals surface area (Å²) in [6, 6.07) is 0.157. The van der Waals surface area contributed by atoms with Gasteiger partial charge in [0, 0.05) is 19.8 Å². The van der Waals surface area contributed by atoms with E-state index < -0.39 is 0 Å². The fourth-order valence-corrected chi connectivity index (χ4v) is 0.765. The van der Waals surface area contributed by atoms with E-state index in [2.05, 4.69) is 6.08 Å². The summed E-state index contributed by atoms with van der Waals surface area (Å²) in [6.07, 6.45) is 2.96. The molecule has 0 saturated carbocycles. The molecule has 2 heteroatoms. The lowest BCUT2D eigenvalue weighted by Gasteiger charge is -2.05. The van der Waals surface area contributed by atoms with E-state index in [-0.39, 0.29) is 6.04 Å². The molecule has 0 aliphatic carbocycles. The molecule has 1 atom stereocenters. The summed E-state index contributed by atoms with van der Waals surface area (Å²) in [5.74, 6) is 0. The van der Waals surface area contributed by atoms with Gasteiger partial charge in [-0.15, -0.1) is 0 Å². The van der Waals surface area contributed by atoms with E-state index in [0.29, 0.717) is 0 Å². The van der Waals surface area contributed by atoms with Gasteiger partial charge in [0.25, 0.3) is 0 Å². The van der Waals surface area contributed by atoms with Gasteiger partial charge in [-0.05, 0) is 20.3 Å². The van der Waals surface area contributed by atoms with E-state index in [1.54, 1.807) is 7.11 Å². The van der Waals surface area contributed by atoms with E-state index >= 15 is 0 Å². The predicted octanol–water partition coefficient (Wildman–Crippen LogP) is 1.32. The van der Waals surface area contributed by atoms with E-state index in [1.807, 2.05) is 13.8 Å². The molecule has 10 heavy (non-hydrogen) atoms. The Hall–Kier alpha value is -0.340. The van der Waals surface area contributed by atoms with Gasteiger partial charge in [0.2, 0.25) is 0 Å². The highest BCUT2D eigenvalue weighted by atomic mass is 16.5. The molecule has 0 amide bonds. The summed E-state index contributed by atoms with van der Waals surface area (Å²) in [4.78, 5) is 0. The van der Waals surface area contributed by atoms with Crippen molar-refractivity contribution in [3.8, 4) is 0 Å². The van der Waals surface area contributed by atoms with Crippen molar-refractivity contribution in [2.24, 2.45) is 5.73 Å². The molecule has 0 saturated heterocycles. The lowest BCUT2D eigenvalue weighted by Crippen LogP contribution is -2.19. The molecule has 0 rings (SSSR count). The monoisotopic (exact) mass is 143 g/mol. The van der Waals surface area contributed by atoms with Crippen LogP contribution in [0.3, 0.4) is 0 Å². The number of ether oxygens (including phenoxy) is 1. The zero-order chi connectivity index (χ0) is 7.98. The maximum absolute atomic E-state index is 5.70. The fourth-order valence-electron chi connectivity index (χ4n) is 0.765. The van der Waals surface area contributed by atoms with Gasteiger partial charge in [-0.3, -0.25) is 0 Å². The smallest absolute Gasteiger partial charge is 0.0480 e. The first kappa shape index (κ1) is 9.66. The van der Waals surface area contributed by atoms with Crippen molar-refractivity contribution in [2.75, 3.05) is 13.7 Å². The van der Waals surface area contributed by atoms with Crippen molar-refractivity contribution in [3.05, 3.63) is 11.6 Å². The third-order valence-corrected chi connectivity index (χ3v) is 1.20. The van der Waals surface area contributed by atoms with Crippen molar-refractivity contribution < 1.29 is 4.74 Å². The first-order valence-electron chi connectivity index (χ1n) is 3.56. The highest BCUT2D eigenvalue weighted by molar-refractivity contribution is 4.99. The molecule has 0 spiro atoms. The number of hydrogen-bond donors (Lipinski definition) is 1. The van der Waals surface area contributed by atoms with Gasteiger partial charge in [0.1, 0.15) is 0 Å². The Bertz CT molecular complexity index is 106. The number of rotatable bonds is 4. The first-order chi connectivity index (χ1) is 4.66. The topological polar surface area (TPSA) is 35.2 Å². The number of hydrogen-bond acceptors (Lipinski definition) is 2. The molecule has 0 bridgehead atoms. The van der Waals surface area contributed by atoms with Crippen LogP contribution in [-0.2, 0) is 4.74 Å². The van der Waals surface area contributed by atoms with Crippen LogP contribution in [0.4, 0.5) is 0 Å². The zero-order valence-electron chi connectivity index (χ0n) is 7.05. The number of nitrogens with two attached hydrogens (primary N) is 1. The van der Waals surface area contributed by atoms with Crippen LogP contribution in [0, 0.1) is 0 Å². The molecule has 0 fully saturated rings. The Kier molecular flexibility index (Phi) is 5.26. The Balaban J connectivity index is 3.43. The van der Waals surface area contributed by atoms with Crippen molar-refractivity contribution in [2.45, 2.75) is 26.3 Å². The van der Waals surface area contributed by atoms with Gasteiger partial charge < -0.3 is 10.5 Å². The average Bonchev–Trinajstić information content (AvgIpc) is 1.82. The number of allylic oxidation sites excluding steroid dienone is 1. The molecule has 2 N–H and O–H groups in total. The highest BCUT2D eigenvalue weighted by Crippen LogP contribution is 1.95. The zero-order valence-corrected chi connectivity index (χ0v) is 7.05. The minimum atomic E-state index is 0.157. The second kappa shape index (κ2) is 5.45. The van der Waals surface area contributed by atoms with Crippen molar-refractivity contribution in [3.63, 3.8) is 0 Å². The minimum Gasteiger partial charge on any atom is -0.385 e. The van der Waals surface area contributed by atoms with Crippen molar-refractivity contribution in [1.82, 2.24) is 0 Å². The van der Waals surface area contributed by atoms with Crippen molar-refractivity contribution in [1.29, 1.82) is 0 Å². The largest absolute Gasteiger partial charge is 0.385 e. The molecule has 0 heterocycles. The molecule has 0 aromatic carbocycles. The van der Waals surface area contributed by atoms with Crippen LogP contribution in [0.25, 0.3) is 0 Å². The molecule has 2 nitrogen and oxygen atoms in total. The lowest BCUT2D eigenvalue weighted by atomic mass is 10.1. The van der Waals surface area contributed by atoms with E-state index in [9.17, 15) is 0 Å². The SMILES string of the molecule is COCCC(N)C=C(C)C. The summed E-state index contributed by atoms with van der Waals surface area (Å²) < 4.78 is 4.88. The summed E-state index contributed by atoms with van der Waals surface area (Å²) in [6.45, 7) is 4.84. The molecule has 60 valence electrons. The highest BCUT2D eigenvalue weighted by Gasteiger charge is 1.95. The molecular weight excluding hydrogens is 126 g/mol. The summed E-state index contributed by atoms with van der Waals surface area (Å²) >= 11 is 0. The second-order valence-electron chi connectivity index (χ2n) is 2.69. The first-order valence-corrected chi connectivity index (χ1v) is 3.56. The predicted molar refractivity (Wildman–Crippen MR) is 43.9 cm³/mol. The second-order valence-corrected chi connectivity index (χ2v) is 2.69. The van der Waals surface area contributed by atoms with Crippen LogP contribution < -0.4 is 5.73 Å². The van der Waals surface area contributed by atoms with Gasteiger partial charge in [0.15, 0.2) is 0 Å². The Morgan fingerprint density at radius 1 is 1.60 bits per heavy atom. The van der Waals surface area contributed by atoms with Gasteiger partial charge in [-0.1, -0.05) is 11.6 Å². The molecule has 0 aliphatic heterocycles. The Morgan fingerprint density at radius 2 is 2.20 bits per heavy atom. The lowest BCUT2D eigenvalue weighted by molar-refractivity contribution is 0.192. The Morgan fingerprint density at radius 3 is 2.60 bits per heavy atom. The summed E-state index contributed by atoms with van der Waals surface area (Å²) in [5, 5.41) is 0. The van der Waals surface area contributed by atoms with Crippen molar-refractivity contribution >= 4 is 0 Å². The maximum atomic E-state index is 5.70. The van der Waals surface area contributed by atoms with Crippen LogP contribution in [-0.4, -0.2) is 19.8 Å². The van der Waals surface area contributed by atoms with E-state index in [0.717, 1.165) is 13.0 Å². The third-order valence-electron chi connectivity index (χ3n) is 1.20. The summed E-state index contributed by atoms with van der Waals surface area (Å²) in [7, 11) is 1.69. The van der Waals surface area contributed by atoms with Crippen LogP contribution in [0.15, 0.2) is 11.6 Å². The third kappa shape index (κ3) is 5.79. The quantitative estimate of drug-likeness (QED) is 0.602. The Labute approximate surface area is 63.1 Å². The van der Waals surface area contributed by atoms with E-state index in [1.165, 1.54) is 5.57 Å². The van der Waals surface area contributed by atoms with Crippen LogP contribution in [0.2, 0.25) is 0 Å². The van der Waals surface area contributed by atoms with Crippen LogP contribution >= 0.6 is 0 Å². The molecule has 0 radical (unpaired) electrons. The van der Waals surface area contributed by atoms with E-state index in [4.69, 9.17) is 10.5 Å². The molecule has 0 aromatic rings. The van der Waals surface area contributed by atoms with Gasteiger partial charge >= 0.3 is 0 Å². The van der Waals surface area contributed by atoms with Gasteiger partial charge in [-0.25, -0.2) is 0 Å². The summed E-state index contributed by atoms with van der Waals surface area (Å²) in [5.41, 5.74) is 6.97.